The number of hydrogen-bond acceptors (Lipinski definition) is 13. The predicted molar refractivity (Wildman–Crippen MR) is 401 cm³/mol. The Bertz CT molecular complexity index is 4270. The third-order valence-electron chi connectivity index (χ3n) is 22.5. The number of nitrogens with zero attached hydrogens (tertiary/aromatic N) is 3. The first-order chi connectivity index (χ1) is 49.3. The van der Waals surface area contributed by atoms with E-state index in [9.17, 15) is 24.9 Å². The molecule has 538 valence electrons. The minimum atomic E-state index is -0.830. The van der Waals surface area contributed by atoms with Gasteiger partial charge in [-0.2, -0.15) is 4.58 Å². The van der Waals surface area contributed by atoms with Crippen LogP contribution in [0.3, 0.4) is 0 Å². The number of para-hydroxylation sites is 1. The molecule has 6 aromatic rings. The highest BCUT2D eigenvalue weighted by Crippen LogP contribution is 2.51. The third-order valence-corrected chi connectivity index (χ3v) is 22.5. The Morgan fingerprint density at radius 2 is 1.34 bits per heavy atom. The molecule has 0 saturated carbocycles. The molecule has 0 spiro atoms. The monoisotopic (exact) mass is 1380 g/mol. The van der Waals surface area contributed by atoms with Crippen molar-refractivity contribution in [2.45, 2.75) is 236 Å². The summed E-state index contributed by atoms with van der Waals surface area (Å²) >= 11 is 0. The van der Waals surface area contributed by atoms with E-state index in [1.54, 1.807) is 12.1 Å². The number of ether oxygens (including phenoxy) is 7. The molecule has 102 heavy (non-hydrogen) atoms. The molecular formula is C87H104N3O12+. The van der Waals surface area contributed by atoms with Crippen LogP contribution in [-0.2, 0) is 44.0 Å². The smallest absolute Gasteiger partial charge is 0.260 e. The topological polar surface area (TPSA) is 169 Å². The van der Waals surface area contributed by atoms with Crippen molar-refractivity contribution in [2.75, 3.05) is 25.5 Å². The largest absolute Gasteiger partial charge is 0.456 e. The number of rotatable bonds is 24. The van der Waals surface area contributed by atoms with Gasteiger partial charge in [-0.25, -0.2) is 0 Å². The molecule has 0 radical (unpaired) electrons. The summed E-state index contributed by atoms with van der Waals surface area (Å²) in [7, 11) is 4.37. The average Bonchev–Trinajstić information content (AvgIpc) is 1.58. The van der Waals surface area contributed by atoms with Crippen molar-refractivity contribution in [3.8, 4) is 5.75 Å². The number of allylic oxidation sites excluding steroid dienone is 9. The number of imide groups is 1. The Hall–Kier alpha value is -7.67. The first-order valence-electron chi connectivity index (χ1n) is 37.4. The highest BCUT2D eigenvalue weighted by Gasteiger charge is 2.46. The van der Waals surface area contributed by atoms with Gasteiger partial charge in [0.25, 0.3) is 5.91 Å². The van der Waals surface area contributed by atoms with Crippen LogP contribution in [0, 0.1) is 6.92 Å². The molecule has 13 rings (SSSR count). The molecule has 6 aromatic carbocycles. The zero-order valence-corrected chi connectivity index (χ0v) is 61.0. The Morgan fingerprint density at radius 3 is 2.08 bits per heavy atom. The van der Waals surface area contributed by atoms with E-state index in [0.717, 1.165) is 52.2 Å². The van der Waals surface area contributed by atoms with Crippen LogP contribution in [0.4, 0.5) is 11.4 Å². The molecular weight excluding hydrogens is 1280 g/mol. The lowest BCUT2D eigenvalue weighted by molar-refractivity contribution is -0.401. The van der Waals surface area contributed by atoms with Crippen molar-refractivity contribution in [2.24, 2.45) is 0 Å². The molecule has 0 aromatic heterocycles. The molecule has 3 N–H and O–H groups in total. The minimum absolute atomic E-state index is 0.0636. The van der Waals surface area contributed by atoms with E-state index in [-0.39, 0.29) is 54.0 Å². The number of aryl methyl sites for hydroxylation is 1. The molecule has 12 unspecified atom stereocenters. The maximum atomic E-state index is 13.4. The van der Waals surface area contributed by atoms with Crippen LogP contribution in [-0.4, -0.2) is 131 Å². The summed E-state index contributed by atoms with van der Waals surface area (Å²) in [5.74, 6) is 1.04. The molecule has 3 fully saturated rings. The molecule has 5 heterocycles. The number of benzene rings is 6. The molecule has 0 bridgehead atoms. The number of anilines is 1. The molecule has 3 saturated heterocycles. The number of carbonyl (C=O) groups is 2. The zero-order valence-electron chi connectivity index (χ0n) is 61.0. The fourth-order valence-corrected chi connectivity index (χ4v) is 16.9. The SMILES string of the molecule is CCC(O)CC1CC(CCC2CC(CCCC(O)CC3CC(CC)OC(CN(C=O)C(=O)c4ccccc4C)O3)OC(C3=CC=CCC3O)O2)OC(c2ccccc2OC2=C(/C=C/C3=[N+](C)c4ccc5ccccc5c4C3(C)C)CCC/C2=C\C=C2\N(C)c3ccc4ccccc4c3C2(C)C)O1. The van der Waals surface area contributed by atoms with Gasteiger partial charge in [-0.15, -0.1) is 0 Å². The average molecular weight is 1380 g/mol. The lowest BCUT2D eigenvalue weighted by atomic mass is 9.78. The molecule has 15 heteroatoms. The zero-order chi connectivity index (χ0) is 71.4. The summed E-state index contributed by atoms with van der Waals surface area (Å²) in [5, 5.41) is 39.2. The Morgan fingerprint density at radius 1 is 0.706 bits per heavy atom. The van der Waals surface area contributed by atoms with Gasteiger partial charge in [0.2, 0.25) is 12.1 Å². The number of carbonyl (C=O) groups excluding carboxylic acids is 2. The fourth-order valence-electron chi connectivity index (χ4n) is 16.9. The summed E-state index contributed by atoms with van der Waals surface area (Å²) < 4.78 is 50.1. The maximum Gasteiger partial charge on any atom is 0.260 e. The van der Waals surface area contributed by atoms with E-state index in [2.05, 4.69) is 148 Å². The Kier molecular flexibility index (Phi) is 22.6. The summed E-state index contributed by atoms with van der Waals surface area (Å²) in [6, 6.07) is 41.6. The lowest BCUT2D eigenvalue weighted by Gasteiger charge is -2.40. The predicted octanol–water partition coefficient (Wildman–Crippen LogP) is 16.6. The third kappa shape index (κ3) is 15.6. The fraction of sp³-hybridized carbons (Fsp3) is 0.460. The van der Waals surface area contributed by atoms with Gasteiger partial charge in [-0.05, 0) is 184 Å². The van der Waals surface area contributed by atoms with Crippen LogP contribution < -0.4 is 9.64 Å². The van der Waals surface area contributed by atoms with Gasteiger partial charge in [0, 0.05) is 72.0 Å². The Labute approximate surface area is 602 Å². The van der Waals surface area contributed by atoms with Gasteiger partial charge in [-0.3, -0.25) is 14.5 Å². The van der Waals surface area contributed by atoms with Crippen LogP contribution in [0.25, 0.3) is 21.5 Å². The second-order valence-corrected chi connectivity index (χ2v) is 30.2. The number of likely N-dealkylation sites (N-methyl/N-ethyl adjacent to an activating group) is 1. The van der Waals surface area contributed by atoms with Crippen LogP contribution in [0.15, 0.2) is 192 Å². The van der Waals surface area contributed by atoms with E-state index in [1.807, 2.05) is 75.4 Å². The van der Waals surface area contributed by atoms with Crippen molar-refractivity contribution in [3.05, 3.63) is 220 Å². The highest BCUT2D eigenvalue weighted by molar-refractivity contribution is 6.08. The van der Waals surface area contributed by atoms with Crippen molar-refractivity contribution in [1.82, 2.24) is 4.90 Å². The van der Waals surface area contributed by atoms with E-state index in [4.69, 9.17) is 33.2 Å². The van der Waals surface area contributed by atoms with E-state index in [0.29, 0.717) is 107 Å². The van der Waals surface area contributed by atoms with Gasteiger partial charge < -0.3 is 53.4 Å². The molecule has 7 aliphatic rings. The molecule has 2 aliphatic carbocycles. The number of aliphatic hydroxyl groups excluding tert-OH is 3. The summed E-state index contributed by atoms with van der Waals surface area (Å²) in [4.78, 5) is 29.2. The molecule has 5 aliphatic heterocycles. The van der Waals surface area contributed by atoms with Crippen molar-refractivity contribution < 1.29 is 62.6 Å². The van der Waals surface area contributed by atoms with E-state index in [1.165, 1.54) is 55.5 Å². The number of amides is 2. The quantitative estimate of drug-likeness (QED) is 0.0387. The molecule has 15 nitrogen and oxygen atoms in total. The number of hydrogen-bond donors (Lipinski definition) is 3. The standard InChI is InChI=1S/C87H104N3O12/c1-10-60(92)48-67-52-65(43-42-64-51-63(98-84(99-64)71-34-18-20-36-75(71)94)30-23-29-61(93)49-66-50-62(11-2)96-79(97-66)53-90(54-91)83(95)68-31-15-12-24-55(68)3)100-85(101-67)72-35-19-21-37-76(72)102-82-58(40-46-77-86(4,5)80-69-32-16-13-25-56(69)38-44-73(80)88(77)8)27-22-28-59(82)41-47-78-87(6,7)81-70-33-17-14-26-57(70)39-45-74(81)89(78)9/h12-21,24-26,31-35,37-41,44-47,54,60-67,75,79,84-85,92-94H,10-11,22-23,27-30,36,42-43,48-53H2,1-9H3/q+1. The second kappa shape index (κ2) is 31.7. The van der Waals surface area contributed by atoms with E-state index < -0.39 is 43.1 Å². The summed E-state index contributed by atoms with van der Waals surface area (Å²) in [6.45, 7) is 15.1. The first-order valence-corrected chi connectivity index (χ1v) is 37.4. The second-order valence-electron chi connectivity index (χ2n) is 30.2. The van der Waals surface area contributed by atoms with Crippen molar-refractivity contribution in [3.63, 3.8) is 0 Å². The summed E-state index contributed by atoms with van der Waals surface area (Å²) in [6.07, 6.45) is 19.6. The highest BCUT2D eigenvalue weighted by atomic mass is 16.7. The van der Waals surface area contributed by atoms with Crippen molar-refractivity contribution >= 4 is 50.9 Å². The number of fused-ring (bicyclic) bond motifs is 6. The normalized spacial score (nSPS) is 27.0. The summed E-state index contributed by atoms with van der Waals surface area (Å²) in [5.41, 5.74) is 11.8. The Balaban J connectivity index is 0.736. The van der Waals surface area contributed by atoms with Crippen molar-refractivity contribution in [1.29, 1.82) is 0 Å². The number of aliphatic hydroxyl groups is 3. The van der Waals surface area contributed by atoms with E-state index >= 15 is 0 Å². The van der Waals surface area contributed by atoms with Gasteiger partial charge in [0.15, 0.2) is 24.6 Å². The van der Waals surface area contributed by atoms with Gasteiger partial charge in [-0.1, -0.05) is 143 Å². The van der Waals surface area contributed by atoms with Crippen LogP contribution in [0.5, 0.6) is 5.75 Å². The van der Waals surface area contributed by atoms with Crippen LogP contribution >= 0.6 is 0 Å². The minimum Gasteiger partial charge on any atom is -0.456 e. The maximum absolute atomic E-state index is 13.4. The molecule has 2 amide bonds. The van der Waals surface area contributed by atoms with Gasteiger partial charge in [0.05, 0.1) is 72.5 Å². The molecule has 12 atom stereocenters. The van der Waals surface area contributed by atoms with Gasteiger partial charge >= 0.3 is 0 Å². The van der Waals surface area contributed by atoms with Crippen LogP contribution in [0.2, 0.25) is 0 Å². The lowest BCUT2D eigenvalue weighted by Crippen LogP contribution is -2.46. The first kappa shape index (κ1) is 72.7. The van der Waals surface area contributed by atoms with Crippen LogP contribution in [0.1, 0.15) is 183 Å². The van der Waals surface area contributed by atoms with Gasteiger partial charge in [0.1, 0.15) is 18.6 Å².